The third-order valence-electron chi connectivity index (χ3n) is 4.20. The molecule has 1 amide bonds. The van der Waals surface area contributed by atoms with Gasteiger partial charge in [0.25, 0.3) is 5.91 Å². The van der Waals surface area contributed by atoms with Crippen molar-refractivity contribution in [2.45, 2.75) is 20.8 Å². The molecule has 0 bridgehead atoms. The van der Waals surface area contributed by atoms with Crippen molar-refractivity contribution >= 4 is 51.9 Å². The van der Waals surface area contributed by atoms with Gasteiger partial charge in [-0.2, -0.15) is 0 Å². The smallest absolute Gasteiger partial charge is 0.375 e. The van der Waals surface area contributed by atoms with Crippen molar-refractivity contribution in [2.75, 3.05) is 18.5 Å². The number of rotatable bonds is 6. The normalized spacial score (nSPS) is 10.8. The van der Waals surface area contributed by atoms with Gasteiger partial charge in [0.05, 0.1) is 16.7 Å². The summed E-state index contributed by atoms with van der Waals surface area (Å²) in [5, 5.41) is 3.82. The molecule has 0 radical (unpaired) electrons. The number of furan rings is 1. The van der Waals surface area contributed by atoms with Crippen molar-refractivity contribution in [3.8, 4) is 5.75 Å². The van der Waals surface area contributed by atoms with E-state index < -0.39 is 18.5 Å². The van der Waals surface area contributed by atoms with E-state index in [0.29, 0.717) is 34.1 Å². The summed E-state index contributed by atoms with van der Waals surface area (Å²) in [6, 6.07) is 5.26. The van der Waals surface area contributed by atoms with Crippen LogP contribution in [0.25, 0.3) is 11.0 Å². The second-order valence-electron chi connectivity index (χ2n) is 6.17. The summed E-state index contributed by atoms with van der Waals surface area (Å²) < 4.78 is 16.1. The monoisotopic (exact) mass is 436 g/mol. The number of fused-ring (bicyclic) bond motifs is 1. The van der Waals surface area contributed by atoms with Crippen molar-refractivity contribution in [3.05, 3.63) is 51.3 Å². The highest BCUT2D eigenvalue weighted by Gasteiger charge is 2.21. The highest BCUT2D eigenvalue weighted by Crippen LogP contribution is 2.30. The molecule has 2 aromatic heterocycles. The van der Waals surface area contributed by atoms with Gasteiger partial charge in [-0.1, -0.05) is 23.2 Å². The molecule has 1 aromatic carbocycles. The summed E-state index contributed by atoms with van der Waals surface area (Å²) in [7, 11) is 0. The molecule has 3 rings (SSSR count). The number of nitrogens with zero attached hydrogens (tertiary/aromatic N) is 1. The fourth-order valence-corrected chi connectivity index (χ4v) is 3.05. The first-order valence-corrected chi connectivity index (χ1v) is 9.51. The Morgan fingerprint density at radius 1 is 1.21 bits per heavy atom. The largest absolute Gasteiger partial charge is 0.494 e. The molecule has 3 aromatic rings. The lowest BCUT2D eigenvalue weighted by atomic mass is 10.1. The van der Waals surface area contributed by atoms with Crippen molar-refractivity contribution in [3.63, 3.8) is 0 Å². The standard InChI is InChI=1S/C20H18Cl2N2O5/c1-4-27-12-5-6-15-13(7-12)10(2)18(29-15)20(26)28-9-16(25)24-19-17(22)11(3)14(21)8-23-19/h5-8H,4,9H2,1-3H3,(H,23,24,25). The Balaban J connectivity index is 1.68. The van der Waals surface area contributed by atoms with Crippen LogP contribution in [0.3, 0.4) is 0 Å². The number of esters is 1. The molecule has 0 unspecified atom stereocenters. The molecule has 1 N–H and O–H groups in total. The molecule has 7 nitrogen and oxygen atoms in total. The van der Waals surface area contributed by atoms with E-state index in [1.54, 1.807) is 32.0 Å². The number of carbonyl (C=O) groups is 2. The average Bonchev–Trinajstić information content (AvgIpc) is 3.03. The van der Waals surface area contributed by atoms with Crippen LogP contribution < -0.4 is 10.1 Å². The molecule has 0 saturated carbocycles. The minimum absolute atomic E-state index is 0.0277. The number of hydrogen-bond acceptors (Lipinski definition) is 6. The zero-order valence-corrected chi connectivity index (χ0v) is 17.5. The van der Waals surface area contributed by atoms with E-state index in [-0.39, 0.29) is 16.6 Å². The maximum absolute atomic E-state index is 12.4. The highest BCUT2D eigenvalue weighted by molar-refractivity contribution is 6.37. The quantitative estimate of drug-likeness (QED) is 0.549. The lowest BCUT2D eigenvalue weighted by Crippen LogP contribution is -2.21. The molecule has 9 heteroatoms. The molecule has 2 heterocycles. The Bertz CT molecular complexity index is 1090. The summed E-state index contributed by atoms with van der Waals surface area (Å²) in [4.78, 5) is 28.4. The summed E-state index contributed by atoms with van der Waals surface area (Å²) in [5.74, 6) is -0.510. The van der Waals surface area contributed by atoms with E-state index in [1.165, 1.54) is 6.20 Å². The van der Waals surface area contributed by atoms with Crippen molar-refractivity contribution in [1.29, 1.82) is 0 Å². The molecule has 29 heavy (non-hydrogen) atoms. The predicted molar refractivity (Wildman–Crippen MR) is 110 cm³/mol. The number of anilines is 1. The van der Waals surface area contributed by atoms with E-state index in [4.69, 9.17) is 37.1 Å². The van der Waals surface area contributed by atoms with Gasteiger partial charge in [0.15, 0.2) is 12.4 Å². The van der Waals surface area contributed by atoms with Crippen LogP contribution >= 0.6 is 23.2 Å². The SMILES string of the molecule is CCOc1ccc2oc(C(=O)OCC(=O)Nc3ncc(Cl)c(C)c3Cl)c(C)c2c1. The topological polar surface area (TPSA) is 90.7 Å². The average molecular weight is 437 g/mol. The van der Waals surface area contributed by atoms with E-state index >= 15 is 0 Å². The van der Waals surface area contributed by atoms with Crippen LogP contribution in [-0.4, -0.2) is 30.1 Å². The van der Waals surface area contributed by atoms with Gasteiger partial charge in [-0.3, -0.25) is 4.79 Å². The summed E-state index contributed by atoms with van der Waals surface area (Å²) in [6.45, 7) is 5.31. The molecule has 0 aliphatic rings. The second kappa shape index (κ2) is 8.71. The molecule has 0 atom stereocenters. The first-order valence-electron chi connectivity index (χ1n) is 8.75. The zero-order chi connectivity index (χ0) is 21.1. The molecular formula is C20H18Cl2N2O5. The maximum Gasteiger partial charge on any atom is 0.375 e. The summed E-state index contributed by atoms with van der Waals surface area (Å²) in [5.41, 5.74) is 1.71. The van der Waals surface area contributed by atoms with Crippen molar-refractivity contribution < 1.29 is 23.5 Å². The first-order chi connectivity index (χ1) is 13.8. The van der Waals surface area contributed by atoms with Crippen molar-refractivity contribution in [2.24, 2.45) is 0 Å². The van der Waals surface area contributed by atoms with Gasteiger partial charge in [0, 0.05) is 17.1 Å². The third kappa shape index (κ3) is 4.46. The van der Waals surface area contributed by atoms with Gasteiger partial charge in [-0.25, -0.2) is 9.78 Å². The Morgan fingerprint density at radius 2 is 1.97 bits per heavy atom. The van der Waals surface area contributed by atoms with Gasteiger partial charge in [0.2, 0.25) is 5.76 Å². The van der Waals surface area contributed by atoms with Gasteiger partial charge < -0.3 is 19.2 Å². The number of halogens is 2. The minimum atomic E-state index is -0.752. The Labute approximate surface area is 176 Å². The molecular weight excluding hydrogens is 419 g/mol. The van der Waals surface area contributed by atoms with E-state index in [2.05, 4.69) is 10.3 Å². The van der Waals surface area contributed by atoms with Crippen LogP contribution in [0.1, 0.15) is 28.6 Å². The summed E-state index contributed by atoms with van der Waals surface area (Å²) in [6.07, 6.45) is 1.37. The van der Waals surface area contributed by atoms with E-state index in [0.717, 1.165) is 5.39 Å². The molecule has 0 aliphatic carbocycles. The molecule has 152 valence electrons. The molecule has 0 aliphatic heterocycles. The lowest BCUT2D eigenvalue weighted by Gasteiger charge is -2.09. The van der Waals surface area contributed by atoms with E-state index in [9.17, 15) is 9.59 Å². The highest BCUT2D eigenvalue weighted by atomic mass is 35.5. The number of carbonyl (C=O) groups excluding carboxylic acids is 2. The zero-order valence-electron chi connectivity index (χ0n) is 16.0. The van der Waals surface area contributed by atoms with Gasteiger partial charge in [-0.05, 0) is 44.5 Å². The van der Waals surface area contributed by atoms with E-state index in [1.807, 2.05) is 6.92 Å². The van der Waals surface area contributed by atoms with Crippen LogP contribution in [0, 0.1) is 13.8 Å². The van der Waals surface area contributed by atoms with Crippen LogP contribution in [0.2, 0.25) is 10.0 Å². The molecule has 0 saturated heterocycles. The number of amides is 1. The Kier molecular flexibility index (Phi) is 6.30. The Morgan fingerprint density at radius 3 is 2.69 bits per heavy atom. The number of nitrogens with one attached hydrogen (secondary N) is 1. The fraction of sp³-hybridized carbons (Fsp3) is 0.250. The number of hydrogen-bond donors (Lipinski definition) is 1. The van der Waals surface area contributed by atoms with Crippen LogP contribution in [0.5, 0.6) is 5.75 Å². The third-order valence-corrected chi connectivity index (χ3v) is 5.04. The van der Waals surface area contributed by atoms with Gasteiger partial charge in [-0.15, -0.1) is 0 Å². The van der Waals surface area contributed by atoms with Crippen LogP contribution in [0.15, 0.2) is 28.8 Å². The van der Waals surface area contributed by atoms with Crippen LogP contribution in [-0.2, 0) is 9.53 Å². The first kappa shape index (κ1) is 21.0. The molecule has 0 fully saturated rings. The molecule has 0 spiro atoms. The van der Waals surface area contributed by atoms with Gasteiger partial charge in [0.1, 0.15) is 11.3 Å². The Hall–Kier alpha value is -2.77. The maximum atomic E-state index is 12.4. The number of aromatic nitrogens is 1. The van der Waals surface area contributed by atoms with Gasteiger partial charge >= 0.3 is 5.97 Å². The summed E-state index contributed by atoms with van der Waals surface area (Å²) >= 11 is 12.0. The number of ether oxygens (including phenoxy) is 2. The fourth-order valence-electron chi connectivity index (χ4n) is 2.66. The van der Waals surface area contributed by atoms with Crippen molar-refractivity contribution in [1.82, 2.24) is 4.98 Å². The number of benzene rings is 1. The predicted octanol–water partition coefficient (Wildman–Crippen LogP) is 4.95. The second-order valence-corrected chi connectivity index (χ2v) is 6.95. The lowest BCUT2D eigenvalue weighted by molar-refractivity contribution is -0.119. The number of pyridine rings is 1. The van der Waals surface area contributed by atoms with Crippen LogP contribution in [0.4, 0.5) is 5.82 Å². The minimum Gasteiger partial charge on any atom is -0.494 e. The number of aryl methyl sites for hydroxylation is 1.